The first-order valence-electron chi connectivity index (χ1n) is 6.63. The number of alkyl halides is 2. The molecule has 4 heteroatoms. The standard InChI is InChI=1S/C15H24BrClO2/c1-10(2)7-12(18)8-11(3)15(19)6-5-14(4,16)13(17)9-15/h7,12-13,18-19H,3,5-6,8-9H2,1-2,4H3/t12-,13+,14+,15-/m1/s1. The van der Waals surface area contributed by atoms with Gasteiger partial charge in [-0.25, -0.2) is 0 Å². The van der Waals surface area contributed by atoms with Gasteiger partial charge in [0.05, 0.1) is 17.1 Å². The zero-order valence-electron chi connectivity index (χ0n) is 11.9. The molecule has 0 unspecified atom stereocenters. The van der Waals surface area contributed by atoms with Crippen molar-refractivity contribution in [3.8, 4) is 0 Å². The Morgan fingerprint density at radius 2 is 2.11 bits per heavy atom. The van der Waals surface area contributed by atoms with E-state index in [-0.39, 0.29) is 9.70 Å². The quantitative estimate of drug-likeness (QED) is 0.595. The van der Waals surface area contributed by atoms with Crippen LogP contribution in [0.4, 0.5) is 0 Å². The first-order valence-corrected chi connectivity index (χ1v) is 7.86. The third kappa shape index (κ3) is 4.59. The van der Waals surface area contributed by atoms with E-state index >= 15 is 0 Å². The van der Waals surface area contributed by atoms with Crippen molar-refractivity contribution in [2.75, 3.05) is 0 Å². The predicted octanol–water partition coefficient (Wildman–Crippen LogP) is 3.94. The van der Waals surface area contributed by atoms with Gasteiger partial charge in [0, 0.05) is 10.7 Å². The zero-order chi connectivity index (χ0) is 14.8. The Balaban J connectivity index is 2.69. The first kappa shape index (κ1) is 17.2. The molecule has 1 saturated carbocycles. The second-order valence-corrected chi connectivity index (χ2v) is 8.44. The molecule has 1 aliphatic rings. The van der Waals surface area contributed by atoms with Gasteiger partial charge in [-0.05, 0) is 45.6 Å². The van der Waals surface area contributed by atoms with Crippen LogP contribution in [-0.2, 0) is 0 Å². The number of hydrogen-bond acceptors (Lipinski definition) is 2. The van der Waals surface area contributed by atoms with E-state index in [9.17, 15) is 10.2 Å². The van der Waals surface area contributed by atoms with E-state index in [1.54, 1.807) is 6.08 Å². The number of allylic oxidation sites excluding steroid dienone is 1. The van der Waals surface area contributed by atoms with Crippen molar-refractivity contribution in [3.63, 3.8) is 0 Å². The van der Waals surface area contributed by atoms with Gasteiger partial charge in [-0.15, -0.1) is 11.6 Å². The summed E-state index contributed by atoms with van der Waals surface area (Å²) in [5.74, 6) is 0. The van der Waals surface area contributed by atoms with Crippen molar-refractivity contribution in [1.29, 1.82) is 0 Å². The van der Waals surface area contributed by atoms with Crippen molar-refractivity contribution in [1.82, 2.24) is 0 Å². The highest BCUT2D eigenvalue weighted by Gasteiger charge is 2.45. The summed E-state index contributed by atoms with van der Waals surface area (Å²) in [6, 6.07) is 0. The second-order valence-electron chi connectivity index (χ2n) is 6.10. The van der Waals surface area contributed by atoms with Gasteiger partial charge in [0.1, 0.15) is 0 Å². The Morgan fingerprint density at radius 1 is 1.53 bits per heavy atom. The molecular formula is C15H24BrClO2. The Bertz CT molecular complexity index is 374. The minimum Gasteiger partial charge on any atom is -0.389 e. The van der Waals surface area contributed by atoms with Crippen LogP contribution in [0, 0.1) is 0 Å². The minimum atomic E-state index is -0.962. The van der Waals surface area contributed by atoms with Crippen LogP contribution in [-0.4, -0.2) is 31.6 Å². The van der Waals surface area contributed by atoms with Crippen LogP contribution in [0.1, 0.15) is 46.5 Å². The third-order valence-corrected chi connectivity index (χ3v) is 5.69. The van der Waals surface area contributed by atoms with E-state index < -0.39 is 11.7 Å². The normalized spacial score (nSPS) is 36.7. The lowest BCUT2D eigenvalue weighted by molar-refractivity contribution is 0.0276. The van der Waals surface area contributed by atoms with Crippen LogP contribution in [0.2, 0.25) is 0 Å². The van der Waals surface area contributed by atoms with Gasteiger partial charge in [0.25, 0.3) is 0 Å². The van der Waals surface area contributed by atoms with Crippen molar-refractivity contribution in [2.45, 2.75) is 67.9 Å². The molecule has 0 bridgehead atoms. The summed E-state index contributed by atoms with van der Waals surface area (Å²) in [4.78, 5) is 0. The van der Waals surface area contributed by atoms with E-state index in [0.717, 1.165) is 12.0 Å². The summed E-state index contributed by atoms with van der Waals surface area (Å²) in [6.07, 6.45) is 3.45. The summed E-state index contributed by atoms with van der Waals surface area (Å²) in [5.41, 5.74) is 0.765. The molecule has 0 aromatic carbocycles. The zero-order valence-corrected chi connectivity index (χ0v) is 14.3. The fourth-order valence-electron chi connectivity index (χ4n) is 2.43. The van der Waals surface area contributed by atoms with Gasteiger partial charge >= 0.3 is 0 Å². The second kappa shape index (κ2) is 6.30. The van der Waals surface area contributed by atoms with Gasteiger partial charge in [-0.1, -0.05) is 34.2 Å². The molecule has 0 heterocycles. The van der Waals surface area contributed by atoms with Gasteiger partial charge < -0.3 is 10.2 Å². The molecule has 2 N–H and O–H groups in total. The van der Waals surface area contributed by atoms with Crippen molar-refractivity contribution >= 4 is 27.5 Å². The number of aliphatic hydroxyl groups excluding tert-OH is 1. The van der Waals surface area contributed by atoms with E-state index in [0.29, 0.717) is 24.8 Å². The van der Waals surface area contributed by atoms with Gasteiger partial charge in [-0.2, -0.15) is 0 Å². The molecule has 110 valence electrons. The molecule has 2 nitrogen and oxygen atoms in total. The number of halogens is 2. The van der Waals surface area contributed by atoms with Crippen LogP contribution in [0.5, 0.6) is 0 Å². The highest BCUT2D eigenvalue weighted by Crippen LogP contribution is 2.46. The smallest absolute Gasteiger partial charge is 0.0870 e. The van der Waals surface area contributed by atoms with Crippen molar-refractivity contribution in [3.05, 3.63) is 23.8 Å². The maximum Gasteiger partial charge on any atom is 0.0870 e. The molecule has 1 aliphatic carbocycles. The topological polar surface area (TPSA) is 40.5 Å². The molecule has 19 heavy (non-hydrogen) atoms. The van der Waals surface area contributed by atoms with E-state index in [1.165, 1.54) is 0 Å². The van der Waals surface area contributed by atoms with Gasteiger partial charge in [-0.3, -0.25) is 0 Å². The van der Waals surface area contributed by atoms with Crippen LogP contribution in [0.3, 0.4) is 0 Å². The monoisotopic (exact) mass is 350 g/mol. The maximum absolute atomic E-state index is 10.7. The number of aliphatic hydroxyl groups is 2. The molecule has 0 aromatic rings. The Hall–Kier alpha value is 0.170. The number of rotatable bonds is 4. The minimum absolute atomic E-state index is 0.139. The summed E-state index contributed by atoms with van der Waals surface area (Å²) < 4.78 is -0.139. The molecule has 0 aromatic heterocycles. The summed E-state index contributed by atoms with van der Waals surface area (Å²) in [6.45, 7) is 9.89. The van der Waals surface area contributed by atoms with E-state index in [2.05, 4.69) is 22.5 Å². The SMILES string of the molecule is C=C(C[C@H](O)C=C(C)C)[C@@]1(O)CC[C@](C)(Br)[C@@H](Cl)C1. The van der Waals surface area contributed by atoms with Crippen molar-refractivity contribution < 1.29 is 10.2 Å². The van der Waals surface area contributed by atoms with Crippen LogP contribution < -0.4 is 0 Å². The third-order valence-electron chi connectivity index (χ3n) is 3.84. The molecule has 0 spiro atoms. The molecular weight excluding hydrogens is 328 g/mol. The fourth-order valence-corrected chi connectivity index (χ4v) is 3.15. The van der Waals surface area contributed by atoms with Gasteiger partial charge in [0.2, 0.25) is 0 Å². The summed E-state index contributed by atoms with van der Waals surface area (Å²) >= 11 is 9.95. The van der Waals surface area contributed by atoms with E-state index in [1.807, 2.05) is 20.8 Å². The van der Waals surface area contributed by atoms with Crippen LogP contribution >= 0.6 is 27.5 Å². The van der Waals surface area contributed by atoms with Crippen LogP contribution in [0.15, 0.2) is 23.8 Å². The Kier molecular flexibility index (Phi) is 5.71. The molecule has 0 aliphatic heterocycles. The number of hydrogen-bond donors (Lipinski definition) is 2. The molecule has 4 atom stereocenters. The largest absolute Gasteiger partial charge is 0.389 e. The lowest BCUT2D eigenvalue weighted by atomic mass is 9.74. The molecule has 0 radical (unpaired) electrons. The highest BCUT2D eigenvalue weighted by molar-refractivity contribution is 9.10. The van der Waals surface area contributed by atoms with Gasteiger partial charge in [0.15, 0.2) is 0 Å². The first-order chi connectivity index (χ1) is 8.57. The lowest BCUT2D eigenvalue weighted by Crippen LogP contribution is -2.47. The van der Waals surface area contributed by atoms with Crippen LogP contribution in [0.25, 0.3) is 0 Å². The molecule has 0 amide bonds. The molecule has 1 fully saturated rings. The average Bonchev–Trinajstić information content (AvgIpc) is 2.23. The summed E-state index contributed by atoms with van der Waals surface area (Å²) in [5, 5.41) is 20.5. The average molecular weight is 352 g/mol. The fraction of sp³-hybridized carbons (Fsp3) is 0.733. The Morgan fingerprint density at radius 3 is 2.58 bits per heavy atom. The van der Waals surface area contributed by atoms with Crippen molar-refractivity contribution in [2.24, 2.45) is 0 Å². The molecule has 1 rings (SSSR count). The van der Waals surface area contributed by atoms with E-state index in [4.69, 9.17) is 11.6 Å². The lowest BCUT2D eigenvalue weighted by Gasteiger charge is -2.43. The molecule has 0 saturated heterocycles. The summed E-state index contributed by atoms with van der Waals surface area (Å²) in [7, 11) is 0. The predicted molar refractivity (Wildman–Crippen MR) is 85.0 cm³/mol. The Labute approximate surface area is 129 Å². The maximum atomic E-state index is 10.7. The highest BCUT2D eigenvalue weighted by atomic mass is 79.9.